The topological polar surface area (TPSA) is 107 Å². The quantitative estimate of drug-likeness (QED) is 0.369. The van der Waals surface area contributed by atoms with Gasteiger partial charge in [-0.25, -0.2) is 15.1 Å². The highest BCUT2D eigenvalue weighted by molar-refractivity contribution is 6.30. The summed E-state index contributed by atoms with van der Waals surface area (Å²) in [4.78, 5) is 29.0. The number of aryl methyl sites for hydroxylation is 1. The first kappa shape index (κ1) is 20.4. The molecule has 0 bridgehead atoms. The summed E-state index contributed by atoms with van der Waals surface area (Å²) < 4.78 is 2.99. The Bertz CT molecular complexity index is 1330. The van der Waals surface area contributed by atoms with E-state index in [1.54, 1.807) is 42.0 Å². The van der Waals surface area contributed by atoms with Gasteiger partial charge in [0.2, 0.25) is 0 Å². The van der Waals surface area contributed by atoms with Gasteiger partial charge in [-0.05, 0) is 36.8 Å². The third-order valence-electron chi connectivity index (χ3n) is 4.50. The van der Waals surface area contributed by atoms with Gasteiger partial charge in [-0.1, -0.05) is 41.1 Å². The Balaban J connectivity index is 1.43. The first-order valence-electron chi connectivity index (χ1n) is 9.42. The van der Waals surface area contributed by atoms with Crippen LogP contribution in [0.3, 0.4) is 0 Å². The number of fused-ring (bicyclic) bond motifs is 1. The van der Waals surface area contributed by atoms with Crippen LogP contribution >= 0.6 is 11.6 Å². The Hall–Kier alpha value is -3.85. The average Bonchev–Trinajstić information content (AvgIpc) is 3.19. The molecular formula is C21H18ClN7O2. The van der Waals surface area contributed by atoms with E-state index in [2.05, 4.69) is 25.8 Å². The number of para-hydroxylation sites is 2. The standard InChI is InChI=1S/C21H18ClN7O2/c1-14-21(31)29(19-5-3-2-4-18(19)24-14)12-17-11-28(27-25-17)13-20(30)26-23-10-15-6-8-16(22)9-7-15/h2-11H,12-13H2,1H3,(H,26,30)/b23-10-. The van der Waals surface area contributed by atoms with Crippen molar-refractivity contribution in [2.24, 2.45) is 5.10 Å². The fourth-order valence-corrected chi connectivity index (χ4v) is 3.16. The molecule has 0 spiro atoms. The van der Waals surface area contributed by atoms with E-state index in [-0.39, 0.29) is 24.6 Å². The van der Waals surface area contributed by atoms with Gasteiger partial charge >= 0.3 is 0 Å². The lowest BCUT2D eigenvalue weighted by Gasteiger charge is -2.09. The Kier molecular flexibility index (Phi) is 5.85. The van der Waals surface area contributed by atoms with Crippen molar-refractivity contribution in [3.05, 3.63) is 87.1 Å². The molecule has 0 saturated heterocycles. The number of carbonyl (C=O) groups is 1. The molecule has 31 heavy (non-hydrogen) atoms. The van der Waals surface area contributed by atoms with E-state index in [0.717, 1.165) is 11.1 Å². The van der Waals surface area contributed by atoms with Gasteiger partial charge in [0.15, 0.2) is 0 Å². The lowest BCUT2D eigenvalue weighted by atomic mass is 10.2. The molecule has 4 rings (SSSR count). The highest BCUT2D eigenvalue weighted by Crippen LogP contribution is 2.11. The Morgan fingerprint density at radius 2 is 1.97 bits per heavy atom. The minimum Gasteiger partial charge on any atom is -0.299 e. The normalized spacial score (nSPS) is 11.3. The molecule has 2 heterocycles. The summed E-state index contributed by atoms with van der Waals surface area (Å²) in [5, 5.41) is 12.6. The maximum absolute atomic E-state index is 12.6. The van der Waals surface area contributed by atoms with Crippen LogP contribution in [0.5, 0.6) is 0 Å². The van der Waals surface area contributed by atoms with Crippen LogP contribution in [0.25, 0.3) is 11.0 Å². The molecule has 0 saturated carbocycles. The van der Waals surface area contributed by atoms with Crippen LogP contribution in [0, 0.1) is 6.92 Å². The molecule has 156 valence electrons. The van der Waals surface area contributed by atoms with Gasteiger partial charge in [-0.2, -0.15) is 5.10 Å². The summed E-state index contributed by atoms with van der Waals surface area (Å²) in [6, 6.07) is 14.4. The molecule has 1 N–H and O–H groups in total. The molecule has 0 aliphatic heterocycles. The largest absolute Gasteiger partial charge is 0.299 e. The number of rotatable bonds is 6. The second-order valence-electron chi connectivity index (χ2n) is 6.83. The van der Waals surface area contributed by atoms with E-state index < -0.39 is 0 Å². The van der Waals surface area contributed by atoms with Crippen molar-refractivity contribution in [3.63, 3.8) is 0 Å². The van der Waals surface area contributed by atoms with Gasteiger partial charge in [0.1, 0.15) is 17.9 Å². The second-order valence-corrected chi connectivity index (χ2v) is 7.27. The summed E-state index contributed by atoms with van der Waals surface area (Å²) in [6.45, 7) is 1.84. The number of carbonyl (C=O) groups excluding carboxylic acids is 1. The number of amides is 1. The van der Waals surface area contributed by atoms with Crippen LogP contribution < -0.4 is 11.0 Å². The first-order chi connectivity index (χ1) is 15.0. The zero-order valence-electron chi connectivity index (χ0n) is 16.6. The third-order valence-corrected chi connectivity index (χ3v) is 4.75. The number of halogens is 1. The molecule has 0 fully saturated rings. The van der Waals surface area contributed by atoms with E-state index >= 15 is 0 Å². The van der Waals surface area contributed by atoms with E-state index in [0.29, 0.717) is 21.9 Å². The summed E-state index contributed by atoms with van der Waals surface area (Å²) in [5.74, 6) is -0.357. The monoisotopic (exact) mass is 435 g/mol. The number of hydrogen-bond donors (Lipinski definition) is 1. The zero-order chi connectivity index (χ0) is 21.8. The Labute approximate surface area is 182 Å². The first-order valence-corrected chi connectivity index (χ1v) is 9.80. The average molecular weight is 436 g/mol. The van der Waals surface area contributed by atoms with Gasteiger partial charge in [0.05, 0.1) is 30.0 Å². The second kappa shape index (κ2) is 8.88. The lowest BCUT2D eigenvalue weighted by Crippen LogP contribution is -2.25. The number of hydrazone groups is 1. The van der Waals surface area contributed by atoms with Crippen molar-refractivity contribution in [3.8, 4) is 0 Å². The minimum atomic E-state index is -0.357. The number of nitrogens with zero attached hydrogens (tertiary/aromatic N) is 6. The van der Waals surface area contributed by atoms with Crippen molar-refractivity contribution in [2.45, 2.75) is 20.0 Å². The van der Waals surface area contributed by atoms with Gasteiger partial charge in [0.25, 0.3) is 11.5 Å². The molecule has 0 unspecified atom stereocenters. The Morgan fingerprint density at radius 1 is 1.19 bits per heavy atom. The van der Waals surface area contributed by atoms with E-state index in [4.69, 9.17) is 11.6 Å². The smallest absolute Gasteiger partial charge is 0.272 e. The maximum atomic E-state index is 12.6. The number of aromatic nitrogens is 5. The van der Waals surface area contributed by atoms with Crippen LogP contribution in [0.4, 0.5) is 0 Å². The molecular weight excluding hydrogens is 418 g/mol. The van der Waals surface area contributed by atoms with Gasteiger partial charge in [-0.3, -0.25) is 14.2 Å². The molecule has 0 atom stereocenters. The van der Waals surface area contributed by atoms with E-state index in [1.807, 2.05) is 24.3 Å². The summed E-state index contributed by atoms with van der Waals surface area (Å²) >= 11 is 5.83. The lowest BCUT2D eigenvalue weighted by molar-refractivity contribution is -0.121. The fraction of sp³-hybridized carbons (Fsp3) is 0.143. The van der Waals surface area contributed by atoms with Crippen LogP contribution in [0.15, 0.2) is 64.6 Å². The van der Waals surface area contributed by atoms with Gasteiger partial charge in [-0.15, -0.1) is 5.10 Å². The molecule has 2 aromatic carbocycles. The van der Waals surface area contributed by atoms with Crippen LogP contribution in [0.1, 0.15) is 17.0 Å². The van der Waals surface area contributed by atoms with Crippen molar-refractivity contribution >= 4 is 34.8 Å². The zero-order valence-corrected chi connectivity index (χ0v) is 17.3. The molecule has 2 aromatic heterocycles. The number of nitrogens with one attached hydrogen (secondary N) is 1. The van der Waals surface area contributed by atoms with Gasteiger partial charge in [0, 0.05) is 5.02 Å². The molecule has 0 aliphatic rings. The minimum absolute atomic E-state index is 0.0595. The highest BCUT2D eigenvalue weighted by atomic mass is 35.5. The number of hydrogen-bond acceptors (Lipinski definition) is 6. The number of benzene rings is 2. The highest BCUT2D eigenvalue weighted by Gasteiger charge is 2.11. The van der Waals surface area contributed by atoms with Gasteiger partial charge < -0.3 is 0 Å². The van der Waals surface area contributed by atoms with Crippen molar-refractivity contribution in [2.75, 3.05) is 0 Å². The molecule has 9 nitrogen and oxygen atoms in total. The van der Waals surface area contributed by atoms with E-state index in [1.165, 1.54) is 10.9 Å². The third kappa shape index (κ3) is 4.84. The Morgan fingerprint density at radius 3 is 2.77 bits per heavy atom. The summed E-state index contributed by atoms with van der Waals surface area (Å²) in [6.07, 6.45) is 3.14. The van der Waals surface area contributed by atoms with Crippen LogP contribution in [0.2, 0.25) is 5.02 Å². The molecule has 0 aliphatic carbocycles. The summed E-state index contributed by atoms with van der Waals surface area (Å²) in [7, 11) is 0. The van der Waals surface area contributed by atoms with Crippen molar-refractivity contribution in [1.29, 1.82) is 0 Å². The molecule has 1 amide bonds. The molecule has 0 radical (unpaired) electrons. The molecule has 4 aromatic rings. The SMILES string of the molecule is Cc1nc2ccccc2n(Cc2cn(CC(=O)N/N=C\c3ccc(Cl)cc3)nn2)c1=O. The summed E-state index contributed by atoms with van der Waals surface area (Å²) in [5.41, 5.74) is 5.45. The fourth-order valence-electron chi connectivity index (χ4n) is 3.04. The van der Waals surface area contributed by atoms with Crippen molar-refractivity contribution < 1.29 is 4.79 Å². The van der Waals surface area contributed by atoms with Crippen molar-refractivity contribution in [1.82, 2.24) is 30.0 Å². The maximum Gasteiger partial charge on any atom is 0.272 e. The predicted octanol–water partition coefficient (Wildman–Crippen LogP) is 2.15. The van der Waals surface area contributed by atoms with E-state index in [9.17, 15) is 9.59 Å². The van der Waals surface area contributed by atoms with Crippen LogP contribution in [-0.2, 0) is 17.9 Å². The van der Waals surface area contributed by atoms with Crippen LogP contribution in [-0.4, -0.2) is 36.7 Å². The molecule has 10 heteroatoms. The predicted molar refractivity (Wildman–Crippen MR) is 117 cm³/mol.